The number of aryl methyl sites for hydroxylation is 2. The van der Waals surface area contributed by atoms with E-state index in [-0.39, 0.29) is 17.9 Å². The van der Waals surface area contributed by atoms with Gasteiger partial charge in [0.1, 0.15) is 11.0 Å². The molecule has 2 heterocycles. The Morgan fingerprint density at radius 2 is 2.00 bits per heavy atom. The van der Waals surface area contributed by atoms with Gasteiger partial charge in [-0.25, -0.2) is 14.7 Å². The van der Waals surface area contributed by atoms with Crippen LogP contribution in [0.25, 0.3) is 0 Å². The fourth-order valence-electron chi connectivity index (χ4n) is 1.87. The van der Waals surface area contributed by atoms with E-state index in [1.165, 1.54) is 16.2 Å². The molecule has 0 unspecified atom stereocenters. The van der Waals surface area contributed by atoms with E-state index in [0.29, 0.717) is 5.00 Å². The van der Waals surface area contributed by atoms with Gasteiger partial charge in [0, 0.05) is 0 Å². The Hall–Kier alpha value is -1.43. The van der Waals surface area contributed by atoms with E-state index < -0.39 is 6.04 Å². The van der Waals surface area contributed by atoms with Gasteiger partial charge >= 0.3 is 6.03 Å². The van der Waals surface area contributed by atoms with Gasteiger partial charge in [-0.05, 0) is 19.8 Å². The average Bonchev–Trinajstić information content (AvgIpc) is 2.67. The van der Waals surface area contributed by atoms with Crippen molar-refractivity contribution in [1.82, 2.24) is 10.3 Å². The van der Waals surface area contributed by atoms with Crippen molar-refractivity contribution in [2.75, 3.05) is 4.90 Å². The Labute approximate surface area is 104 Å². The molecule has 92 valence electrons. The number of carbonyl (C=O) groups excluding carboxylic acids is 2. The van der Waals surface area contributed by atoms with Crippen molar-refractivity contribution >= 4 is 28.3 Å². The first-order valence-corrected chi connectivity index (χ1v) is 6.32. The topological polar surface area (TPSA) is 62.3 Å². The summed E-state index contributed by atoms with van der Waals surface area (Å²) >= 11 is 1.37. The molecule has 0 radical (unpaired) electrons. The van der Waals surface area contributed by atoms with Crippen molar-refractivity contribution in [2.24, 2.45) is 5.92 Å². The van der Waals surface area contributed by atoms with Crippen LogP contribution in [0, 0.1) is 19.8 Å². The average molecular weight is 253 g/mol. The lowest BCUT2D eigenvalue weighted by Gasteiger charge is -2.13. The number of hydrogen-bond donors (Lipinski definition) is 1. The summed E-state index contributed by atoms with van der Waals surface area (Å²) in [6.07, 6.45) is 0. The molecule has 0 bridgehead atoms. The summed E-state index contributed by atoms with van der Waals surface area (Å²) in [5.74, 6) is -0.0949. The first-order chi connectivity index (χ1) is 7.91. The minimum atomic E-state index is -0.427. The quantitative estimate of drug-likeness (QED) is 0.818. The van der Waals surface area contributed by atoms with Gasteiger partial charge in [-0.15, -0.1) is 11.3 Å². The molecule has 1 aliphatic heterocycles. The second kappa shape index (κ2) is 4.10. The maximum Gasteiger partial charge on any atom is 0.330 e. The number of amides is 3. The van der Waals surface area contributed by atoms with Crippen LogP contribution in [-0.2, 0) is 4.79 Å². The molecule has 6 heteroatoms. The van der Waals surface area contributed by atoms with Gasteiger partial charge in [-0.2, -0.15) is 0 Å². The van der Waals surface area contributed by atoms with Crippen molar-refractivity contribution in [1.29, 1.82) is 0 Å². The first-order valence-electron chi connectivity index (χ1n) is 5.50. The summed E-state index contributed by atoms with van der Waals surface area (Å²) in [6.45, 7) is 7.50. The Bertz CT molecular complexity index is 481. The summed E-state index contributed by atoms with van der Waals surface area (Å²) in [5, 5.41) is 4.19. The zero-order chi connectivity index (χ0) is 12.7. The smallest absolute Gasteiger partial charge is 0.325 e. The molecule has 2 rings (SSSR count). The summed E-state index contributed by atoms with van der Waals surface area (Å²) in [7, 11) is 0. The van der Waals surface area contributed by atoms with Crippen LogP contribution in [-0.4, -0.2) is 23.0 Å². The highest BCUT2D eigenvalue weighted by Gasteiger charge is 2.41. The lowest BCUT2D eigenvalue weighted by Crippen LogP contribution is -2.34. The Morgan fingerprint density at radius 3 is 2.41 bits per heavy atom. The van der Waals surface area contributed by atoms with E-state index in [0.717, 1.165) is 10.7 Å². The number of nitrogens with zero attached hydrogens (tertiary/aromatic N) is 2. The second-order valence-corrected chi connectivity index (χ2v) is 5.65. The summed E-state index contributed by atoms with van der Waals surface area (Å²) < 4.78 is 0. The van der Waals surface area contributed by atoms with Gasteiger partial charge in [0.15, 0.2) is 0 Å². The van der Waals surface area contributed by atoms with Crippen LogP contribution in [0.2, 0.25) is 0 Å². The molecule has 0 saturated carbocycles. The van der Waals surface area contributed by atoms with Crippen molar-refractivity contribution in [3.8, 4) is 0 Å². The fraction of sp³-hybridized carbons (Fsp3) is 0.545. The third kappa shape index (κ3) is 1.93. The van der Waals surface area contributed by atoms with E-state index in [4.69, 9.17) is 0 Å². The minimum absolute atomic E-state index is 0.0887. The van der Waals surface area contributed by atoms with E-state index in [2.05, 4.69) is 10.3 Å². The molecule has 0 aromatic carbocycles. The lowest BCUT2D eigenvalue weighted by molar-refractivity contribution is -0.119. The highest BCUT2D eigenvalue weighted by molar-refractivity contribution is 7.16. The van der Waals surface area contributed by atoms with E-state index >= 15 is 0 Å². The number of thiazole rings is 1. The largest absolute Gasteiger partial charge is 0.330 e. The van der Waals surface area contributed by atoms with E-state index in [1.54, 1.807) is 0 Å². The number of nitrogens with one attached hydrogen (secondary N) is 1. The van der Waals surface area contributed by atoms with Crippen LogP contribution in [0.5, 0.6) is 0 Å². The molecule has 1 aromatic heterocycles. The second-order valence-electron chi connectivity index (χ2n) is 4.47. The molecule has 1 fully saturated rings. The van der Waals surface area contributed by atoms with E-state index in [1.807, 2.05) is 27.7 Å². The highest BCUT2D eigenvalue weighted by Crippen LogP contribution is 2.31. The number of urea groups is 1. The first kappa shape index (κ1) is 12.0. The summed E-state index contributed by atoms with van der Waals surface area (Å²) in [6, 6.07) is -0.773. The molecule has 0 aliphatic carbocycles. The number of anilines is 1. The van der Waals surface area contributed by atoms with Crippen LogP contribution < -0.4 is 10.2 Å². The molecule has 5 nitrogen and oxygen atoms in total. The SMILES string of the molecule is Cc1nc(C)c(N2C(=O)N[C@@H](C(C)C)C2=O)s1. The van der Waals surface area contributed by atoms with Crippen molar-refractivity contribution in [3.63, 3.8) is 0 Å². The standard InChI is InChI=1S/C11H15N3O2S/c1-5(2)8-9(15)14(11(16)13-8)10-6(3)12-7(4)17-10/h5,8H,1-4H3,(H,13,16)/t8-/m0/s1. The van der Waals surface area contributed by atoms with Crippen molar-refractivity contribution < 1.29 is 9.59 Å². The minimum Gasteiger partial charge on any atom is -0.325 e. The third-order valence-corrected chi connectivity index (χ3v) is 3.78. The van der Waals surface area contributed by atoms with Crippen LogP contribution in [0.15, 0.2) is 0 Å². The normalized spacial score (nSPS) is 20.3. The van der Waals surface area contributed by atoms with Gasteiger partial charge in [0.25, 0.3) is 5.91 Å². The summed E-state index contributed by atoms with van der Waals surface area (Å²) in [5.41, 5.74) is 0.723. The highest BCUT2D eigenvalue weighted by atomic mass is 32.1. The fourth-order valence-corrected chi connectivity index (χ4v) is 2.79. The molecule has 3 amide bonds. The van der Waals surface area contributed by atoms with Crippen LogP contribution >= 0.6 is 11.3 Å². The van der Waals surface area contributed by atoms with Gasteiger partial charge in [-0.1, -0.05) is 13.8 Å². The maximum absolute atomic E-state index is 12.1. The third-order valence-electron chi connectivity index (χ3n) is 2.72. The van der Waals surface area contributed by atoms with Gasteiger partial charge in [-0.3, -0.25) is 4.79 Å². The predicted molar refractivity (Wildman–Crippen MR) is 66.2 cm³/mol. The monoisotopic (exact) mass is 253 g/mol. The molecule has 1 aromatic rings. The number of imide groups is 1. The van der Waals surface area contributed by atoms with Crippen LogP contribution in [0.3, 0.4) is 0 Å². The van der Waals surface area contributed by atoms with Gasteiger partial charge in [0.2, 0.25) is 0 Å². The Kier molecular flexibility index (Phi) is 2.91. The molecule has 1 aliphatic rings. The number of rotatable bonds is 2. The number of aromatic nitrogens is 1. The molecule has 17 heavy (non-hydrogen) atoms. The summed E-state index contributed by atoms with van der Waals surface area (Å²) in [4.78, 5) is 29.4. The molecule has 0 spiro atoms. The molecule has 1 atom stereocenters. The molecule has 1 N–H and O–H groups in total. The lowest BCUT2D eigenvalue weighted by atomic mass is 10.1. The Morgan fingerprint density at radius 1 is 1.35 bits per heavy atom. The number of hydrogen-bond acceptors (Lipinski definition) is 4. The maximum atomic E-state index is 12.1. The molecular weight excluding hydrogens is 238 g/mol. The molecular formula is C11H15N3O2S. The van der Waals surface area contributed by atoms with Gasteiger partial charge < -0.3 is 5.32 Å². The van der Waals surface area contributed by atoms with Crippen LogP contribution in [0.4, 0.5) is 9.80 Å². The Balaban J connectivity index is 2.37. The molecule has 1 saturated heterocycles. The zero-order valence-corrected chi connectivity index (χ0v) is 11.1. The predicted octanol–water partition coefficient (Wildman–Crippen LogP) is 1.84. The van der Waals surface area contributed by atoms with Gasteiger partial charge in [0.05, 0.1) is 10.7 Å². The van der Waals surface area contributed by atoms with Crippen LogP contribution in [0.1, 0.15) is 24.5 Å². The number of carbonyl (C=O) groups is 2. The van der Waals surface area contributed by atoms with Crippen molar-refractivity contribution in [2.45, 2.75) is 33.7 Å². The van der Waals surface area contributed by atoms with Crippen molar-refractivity contribution in [3.05, 3.63) is 10.7 Å². The zero-order valence-electron chi connectivity index (χ0n) is 10.3. The van der Waals surface area contributed by atoms with E-state index in [9.17, 15) is 9.59 Å².